The van der Waals surface area contributed by atoms with Gasteiger partial charge in [0, 0.05) is 46.6 Å². The molecule has 0 radical (unpaired) electrons. The molecular weight excluding hydrogens is 508 g/mol. The highest BCUT2D eigenvalue weighted by Gasteiger charge is 2.75. The van der Waals surface area contributed by atoms with E-state index in [1.807, 2.05) is 6.92 Å². The van der Waals surface area contributed by atoms with E-state index in [1.165, 1.54) is 18.6 Å². The number of furan rings is 1. The van der Waals surface area contributed by atoms with E-state index in [4.69, 9.17) is 18.6 Å². The number of esters is 3. The maximum absolute atomic E-state index is 14.1. The van der Waals surface area contributed by atoms with Gasteiger partial charge in [0.25, 0.3) is 0 Å². The number of cyclic esters (lactones) is 1. The molecule has 2 heterocycles. The molecule has 2 bridgehead atoms. The van der Waals surface area contributed by atoms with E-state index in [9.17, 15) is 29.1 Å². The summed E-state index contributed by atoms with van der Waals surface area (Å²) < 4.78 is 21.4. The van der Waals surface area contributed by atoms with Crippen LogP contribution < -0.4 is 0 Å². The van der Waals surface area contributed by atoms with Crippen molar-refractivity contribution in [2.24, 2.45) is 34.0 Å². The van der Waals surface area contributed by atoms with Crippen molar-refractivity contribution < 1.29 is 47.7 Å². The second-order valence-corrected chi connectivity index (χ2v) is 12.4. The van der Waals surface area contributed by atoms with Gasteiger partial charge in [-0.3, -0.25) is 14.4 Å². The smallest absolute Gasteiger partial charge is 0.347 e. The van der Waals surface area contributed by atoms with Crippen molar-refractivity contribution >= 4 is 29.5 Å². The van der Waals surface area contributed by atoms with Gasteiger partial charge in [-0.25, -0.2) is 9.59 Å². The SMILES string of the molecule is COC(=O)[C@H](OC(C)=O)[C@H]1C(C)(C)C(=O)[C@@H]2C[C@]3(O)C4=CC(=O)O[C@@H](c5ccoc5)[C@]4(C)CC[C@@H]3[C@@]1(C)C2=O. The average Bonchev–Trinajstić information content (AvgIpc) is 3.39. The Balaban J connectivity index is 1.71. The highest BCUT2D eigenvalue weighted by atomic mass is 16.6. The van der Waals surface area contributed by atoms with E-state index in [0.717, 1.165) is 14.0 Å². The van der Waals surface area contributed by atoms with Crippen molar-refractivity contribution in [2.45, 2.75) is 71.7 Å². The summed E-state index contributed by atoms with van der Waals surface area (Å²) in [6.07, 6.45) is 2.51. The largest absolute Gasteiger partial charge is 0.472 e. The first-order valence-corrected chi connectivity index (χ1v) is 13.2. The zero-order chi connectivity index (χ0) is 28.7. The molecule has 1 aromatic rings. The Bertz CT molecular complexity index is 1290. The predicted molar refractivity (Wildman–Crippen MR) is 132 cm³/mol. The lowest BCUT2D eigenvalue weighted by Gasteiger charge is -2.66. The fourth-order valence-electron chi connectivity index (χ4n) is 8.49. The second kappa shape index (κ2) is 8.61. The molecule has 3 aliphatic carbocycles. The van der Waals surface area contributed by atoms with Crippen LogP contribution in [0.1, 0.15) is 65.5 Å². The van der Waals surface area contributed by atoms with Crippen molar-refractivity contribution in [2.75, 3.05) is 7.11 Å². The highest BCUT2D eigenvalue weighted by Crippen LogP contribution is 2.69. The summed E-state index contributed by atoms with van der Waals surface area (Å²) in [5.74, 6) is -6.25. The maximum atomic E-state index is 14.1. The van der Waals surface area contributed by atoms with Gasteiger partial charge in [0.2, 0.25) is 6.10 Å². The molecule has 0 spiro atoms. The van der Waals surface area contributed by atoms with Gasteiger partial charge in [-0.1, -0.05) is 27.7 Å². The Morgan fingerprint density at radius 3 is 2.41 bits per heavy atom. The molecule has 10 nitrogen and oxygen atoms in total. The summed E-state index contributed by atoms with van der Waals surface area (Å²) in [7, 11) is 1.14. The number of hydrogen-bond acceptors (Lipinski definition) is 10. The molecule has 3 fully saturated rings. The van der Waals surface area contributed by atoms with Crippen LogP contribution in [-0.2, 0) is 38.2 Å². The van der Waals surface area contributed by atoms with E-state index in [2.05, 4.69) is 0 Å². The van der Waals surface area contributed by atoms with Crippen molar-refractivity contribution in [3.05, 3.63) is 35.8 Å². The molecule has 10 heteroatoms. The first-order chi connectivity index (χ1) is 18.1. The molecule has 3 saturated carbocycles. The van der Waals surface area contributed by atoms with Gasteiger partial charge in [0.1, 0.15) is 17.7 Å². The fourth-order valence-corrected chi connectivity index (χ4v) is 8.49. The highest BCUT2D eigenvalue weighted by molar-refractivity contribution is 6.11. The van der Waals surface area contributed by atoms with E-state index in [-0.39, 0.29) is 6.42 Å². The number of carbonyl (C=O) groups is 5. The standard InChI is InChI=1S/C29H34O10/c1-14(30)38-20(25(34)36-6)21-26(2,3)22(32)16-12-29(35)17(28(21,5)23(16)33)7-9-27(4)18(29)11-19(31)39-24(27)15-8-10-37-13-15/h8,10-11,13,16-17,20-21,24,35H,7,9,12H2,1-6H3/t16-,17+,20+,21-,24-,27+,28+,29+/m0/s1. The number of fused-ring (bicyclic) bond motifs is 6. The van der Waals surface area contributed by atoms with Crippen LogP contribution in [0.2, 0.25) is 0 Å². The summed E-state index contributed by atoms with van der Waals surface area (Å²) in [6.45, 7) is 7.96. The third-order valence-electron chi connectivity index (χ3n) is 10.0. The molecule has 0 amide bonds. The molecule has 8 atom stereocenters. The number of rotatable bonds is 4. The van der Waals surface area contributed by atoms with Crippen LogP contribution in [-0.4, -0.2) is 53.4 Å². The Morgan fingerprint density at radius 2 is 1.82 bits per heavy atom. The first kappa shape index (κ1) is 27.3. The number of ether oxygens (including phenoxy) is 3. The van der Waals surface area contributed by atoms with Crippen LogP contribution in [0.3, 0.4) is 0 Å². The number of aliphatic hydroxyl groups is 1. The first-order valence-electron chi connectivity index (χ1n) is 13.2. The van der Waals surface area contributed by atoms with Crippen LogP contribution in [0, 0.1) is 34.0 Å². The minimum Gasteiger partial charge on any atom is -0.472 e. The Morgan fingerprint density at radius 1 is 1.13 bits per heavy atom. The van der Waals surface area contributed by atoms with E-state index < -0.39 is 81.3 Å². The summed E-state index contributed by atoms with van der Waals surface area (Å²) in [5, 5.41) is 12.6. The molecule has 5 rings (SSSR count). The van der Waals surface area contributed by atoms with Gasteiger partial charge in [-0.2, -0.15) is 0 Å². The second-order valence-electron chi connectivity index (χ2n) is 12.4. The third kappa shape index (κ3) is 3.53. The minimum atomic E-state index is -1.75. The topological polar surface area (TPSA) is 146 Å². The van der Waals surface area contributed by atoms with E-state index in [1.54, 1.807) is 26.8 Å². The lowest BCUT2D eigenvalue weighted by atomic mass is 9.37. The number of hydrogen-bond donors (Lipinski definition) is 1. The molecule has 1 aromatic heterocycles. The number of methoxy groups -OCH3 is 1. The van der Waals surface area contributed by atoms with Gasteiger partial charge >= 0.3 is 17.9 Å². The van der Waals surface area contributed by atoms with Gasteiger partial charge in [-0.15, -0.1) is 0 Å². The number of Topliss-reactive ketones (excluding diaryl/α,β-unsaturated/α-hetero) is 2. The van der Waals surface area contributed by atoms with Crippen LogP contribution in [0.5, 0.6) is 0 Å². The molecule has 39 heavy (non-hydrogen) atoms. The summed E-state index contributed by atoms with van der Waals surface area (Å²) in [5.41, 5.74) is -4.32. The molecule has 1 N–H and O–H groups in total. The third-order valence-corrected chi connectivity index (χ3v) is 10.0. The summed E-state index contributed by atoms with van der Waals surface area (Å²) >= 11 is 0. The molecule has 0 saturated heterocycles. The minimum absolute atomic E-state index is 0.190. The molecule has 0 unspecified atom stereocenters. The quantitative estimate of drug-likeness (QED) is 0.342. The molecule has 1 aliphatic heterocycles. The van der Waals surface area contributed by atoms with Crippen LogP contribution in [0.25, 0.3) is 0 Å². The number of carbonyl (C=O) groups excluding carboxylic acids is 5. The van der Waals surface area contributed by atoms with Gasteiger partial charge in [-0.05, 0) is 30.9 Å². The van der Waals surface area contributed by atoms with Crippen molar-refractivity contribution in [1.82, 2.24) is 0 Å². The average molecular weight is 543 g/mol. The predicted octanol–water partition coefficient (Wildman–Crippen LogP) is 2.88. The zero-order valence-corrected chi connectivity index (χ0v) is 22.9. The van der Waals surface area contributed by atoms with E-state index in [0.29, 0.717) is 24.0 Å². The normalized spacial score (nSPS) is 39.5. The van der Waals surface area contributed by atoms with Crippen LogP contribution in [0.4, 0.5) is 0 Å². The Kier molecular flexibility index (Phi) is 6.03. The van der Waals surface area contributed by atoms with Gasteiger partial charge in [0.15, 0.2) is 0 Å². The van der Waals surface area contributed by atoms with Gasteiger partial charge < -0.3 is 23.7 Å². The summed E-state index contributed by atoms with van der Waals surface area (Å²) in [4.78, 5) is 66.1. The zero-order valence-electron chi connectivity index (χ0n) is 22.9. The van der Waals surface area contributed by atoms with Crippen molar-refractivity contribution in [3.63, 3.8) is 0 Å². The molecule has 0 aromatic carbocycles. The lowest BCUT2D eigenvalue weighted by molar-refractivity contribution is -0.221. The van der Waals surface area contributed by atoms with Crippen LogP contribution in [0.15, 0.2) is 34.7 Å². The van der Waals surface area contributed by atoms with Crippen LogP contribution >= 0.6 is 0 Å². The number of ketones is 2. The Hall–Kier alpha value is -3.27. The molecule has 4 aliphatic rings. The fraction of sp³-hybridized carbons (Fsp3) is 0.621. The Labute approximate surface area is 226 Å². The van der Waals surface area contributed by atoms with Crippen molar-refractivity contribution in [1.29, 1.82) is 0 Å². The van der Waals surface area contributed by atoms with Crippen molar-refractivity contribution in [3.8, 4) is 0 Å². The summed E-state index contributed by atoms with van der Waals surface area (Å²) in [6, 6.07) is 1.70. The monoisotopic (exact) mass is 542 g/mol. The molecule has 210 valence electrons. The lowest BCUT2D eigenvalue weighted by Crippen LogP contribution is -2.74. The maximum Gasteiger partial charge on any atom is 0.347 e. The van der Waals surface area contributed by atoms with Gasteiger partial charge in [0.05, 0.1) is 31.2 Å². The van der Waals surface area contributed by atoms with E-state index >= 15 is 0 Å². The molecular formula is C29H34O10.